The van der Waals surface area contributed by atoms with Gasteiger partial charge >= 0.3 is 11.9 Å². The molecule has 3 atom stereocenters. The van der Waals surface area contributed by atoms with E-state index in [1.807, 2.05) is 44.2 Å². The number of esters is 1. The first-order valence-corrected chi connectivity index (χ1v) is 8.22. The standard InChI is InChI=1S/C18H27NO5/c1-4-24-18(23)14(11-13-8-6-5-7-9-13)16(20)19-15(17(21)22)10-12(2)3/h5-9,12,14-16,19-20H,4,10-11H2,1-3H3,(H,21,22)/t14-,15-,16-/m0/s1. The Balaban J connectivity index is 2.87. The molecule has 0 bridgehead atoms. The summed E-state index contributed by atoms with van der Waals surface area (Å²) in [5.41, 5.74) is 0.868. The lowest BCUT2D eigenvalue weighted by Crippen LogP contribution is -2.50. The monoisotopic (exact) mass is 337 g/mol. The Morgan fingerprint density at radius 1 is 1.21 bits per heavy atom. The first-order valence-electron chi connectivity index (χ1n) is 8.22. The summed E-state index contributed by atoms with van der Waals surface area (Å²) in [5, 5.41) is 22.4. The first-order chi connectivity index (χ1) is 11.3. The van der Waals surface area contributed by atoms with Crippen LogP contribution >= 0.6 is 0 Å². The molecule has 0 unspecified atom stereocenters. The summed E-state index contributed by atoms with van der Waals surface area (Å²) < 4.78 is 5.03. The lowest BCUT2D eigenvalue weighted by Gasteiger charge is -2.26. The summed E-state index contributed by atoms with van der Waals surface area (Å²) in [6.45, 7) is 5.69. The van der Waals surface area contributed by atoms with Crippen molar-refractivity contribution in [2.45, 2.75) is 45.9 Å². The third-order valence-corrected chi connectivity index (χ3v) is 3.65. The van der Waals surface area contributed by atoms with Crippen molar-refractivity contribution in [2.24, 2.45) is 11.8 Å². The van der Waals surface area contributed by atoms with Gasteiger partial charge in [0.1, 0.15) is 18.2 Å². The highest BCUT2D eigenvalue weighted by atomic mass is 16.5. The van der Waals surface area contributed by atoms with Crippen molar-refractivity contribution >= 4 is 11.9 Å². The van der Waals surface area contributed by atoms with Crippen LogP contribution in [-0.4, -0.2) is 41.0 Å². The Morgan fingerprint density at radius 3 is 2.33 bits per heavy atom. The van der Waals surface area contributed by atoms with Crippen LogP contribution in [0.5, 0.6) is 0 Å². The summed E-state index contributed by atoms with van der Waals surface area (Å²) in [6, 6.07) is 8.32. The number of benzene rings is 1. The highest BCUT2D eigenvalue weighted by Crippen LogP contribution is 2.16. The van der Waals surface area contributed by atoms with Crippen molar-refractivity contribution in [2.75, 3.05) is 6.61 Å². The van der Waals surface area contributed by atoms with Gasteiger partial charge in [0, 0.05) is 0 Å². The number of rotatable bonds is 10. The van der Waals surface area contributed by atoms with E-state index in [1.54, 1.807) is 6.92 Å². The predicted octanol–water partition coefficient (Wildman–Crippen LogP) is 1.82. The fourth-order valence-electron chi connectivity index (χ4n) is 2.48. The van der Waals surface area contributed by atoms with E-state index in [-0.39, 0.29) is 18.9 Å². The van der Waals surface area contributed by atoms with Gasteiger partial charge in [0.05, 0.1) is 6.61 Å². The molecule has 6 nitrogen and oxygen atoms in total. The summed E-state index contributed by atoms with van der Waals surface area (Å²) in [4.78, 5) is 23.6. The van der Waals surface area contributed by atoms with Crippen LogP contribution in [0.3, 0.4) is 0 Å². The summed E-state index contributed by atoms with van der Waals surface area (Å²) >= 11 is 0. The molecule has 0 amide bonds. The molecule has 1 aromatic carbocycles. The Bertz CT molecular complexity index is 517. The molecule has 1 aromatic rings. The van der Waals surface area contributed by atoms with Crippen molar-refractivity contribution in [1.82, 2.24) is 5.32 Å². The normalized spacial score (nSPS) is 14.9. The van der Waals surface area contributed by atoms with Gasteiger partial charge in [-0.2, -0.15) is 0 Å². The number of hydrogen-bond donors (Lipinski definition) is 3. The zero-order chi connectivity index (χ0) is 18.1. The second-order valence-electron chi connectivity index (χ2n) is 6.18. The molecule has 24 heavy (non-hydrogen) atoms. The molecule has 1 rings (SSSR count). The number of aliphatic hydroxyl groups excluding tert-OH is 1. The fourth-order valence-corrected chi connectivity index (χ4v) is 2.48. The number of nitrogens with one attached hydrogen (secondary N) is 1. The van der Waals surface area contributed by atoms with E-state index in [4.69, 9.17) is 4.74 Å². The van der Waals surface area contributed by atoms with Gasteiger partial charge in [-0.05, 0) is 31.2 Å². The minimum Gasteiger partial charge on any atom is -0.480 e. The van der Waals surface area contributed by atoms with Gasteiger partial charge in [0.15, 0.2) is 0 Å². The molecular weight excluding hydrogens is 310 g/mol. The molecule has 134 valence electrons. The largest absolute Gasteiger partial charge is 0.480 e. The van der Waals surface area contributed by atoms with Gasteiger partial charge in [-0.15, -0.1) is 0 Å². The van der Waals surface area contributed by atoms with Gasteiger partial charge < -0.3 is 14.9 Å². The second kappa shape index (κ2) is 10.1. The molecule has 0 spiro atoms. The van der Waals surface area contributed by atoms with Crippen molar-refractivity contribution < 1.29 is 24.5 Å². The van der Waals surface area contributed by atoms with Gasteiger partial charge in [-0.25, -0.2) is 0 Å². The van der Waals surface area contributed by atoms with Gasteiger partial charge in [-0.3, -0.25) is 14.9 Å². The van der Waals surface area contributed by atoms with Crippen LogP contribution in [0.4, 0.5) is 0 Å². The molecule has 0 aliphatic rings. The highest BCUT2D eigenvalue weighted by molar-refractivity contribution is 5.75. The number of carbonyl (C=O) groups excluding carboxylic acids is 1. The van der Waals surface area contributed by atoms with Crippen molar-refractivity contribution in [3.8, 4) is 0 Å². The third-order valence-electron chi connectivity index (χ3n) is 3.65. The molecule has 0 radical (unpaired) electrons. The summed E-state index contributed by atoms with van der Waals surface area (Å²) in [7, 11) is 0. The maximum atomic E-state index is 12.2. The molecule has 6 heteroatoms. The average molecular weight is 337 g/mol. The quantitative estimate of drug-likeness (QED) is 0.445. The highest BCUT2D eigenvalue weighted by Gasteiger charge is 2.32. The number of aliphatic hydroxyl groups is 1. The molecule has 0 saturated carbocycles. The maximum absolute atomic E-state index is 12.2. The number of carboxylic acid groups (broad SMARTS) is 1. The fraction of sp³-hybridized carbons (Fsp3) is 0.556. The smallest absolute Gasteiger partial charge is 0.320 e. The Morgan fingerprint density at radius 2 is 1.83 bits per heavy atom. The molecule has 0 saturated heterocycles. The van der Waals surface area contributed by atoms with Crippen molar-refractivity contribution in [1.29, 1.82) is 0 Å². The van der Waals surface area contributed by atoms with Crippen LogP contribution < -0.4 is 5.32 Å². The first kappa shape index (κ1) is 20.1. The lowest BCUT2D eigenvalue weighted by molar-refractivity contribution is -0.155. The number of hydrogen-bond acceptors (Lipinski definition) is 5. The molecule has 0 aliphatic heterocycles. The Hall–Kier alpha value is -1.92. The number of carboxylic acids is 1. The van der Waals surface area contributed by atoms with Gasteiger partial charge in [-0.1, -0.05) is 44.2 Å². The minimum atomic E-state index is -1.30. The van der Waals surface area contributed by atoms with E-state index in [0.717, 1.165) is 5.56 Å². The maximum Gasteiger partial charge on any atom is 0.320 e. The van der Waals surface area contributed by atoms with Crippen LogP contribution in [0.1, 0.15) is 32.8 Å². The molecular formula is C18H27NO5. The SMILES string of the molecule is CCOC(=O)[C@@H](Cc1ccccc1)[C@H](O)N[C@@H](CC(C)C)C(=O)O. The number of aliphatic carboxylic acids is 1. The molecule has 3 N–H and O–H groups in total. The predicted molar refractivity (Wildman–Crippen MR) is 90.3 cm³/mol. The van der Waals surface area contributed by atoms with Crippen molar-refractivity contribution in [3.63, 3.8) is 0 Å². The molecule has 0 aromatic heterocycles. The van der Waals surface area contributed by atoms with Crippen LogP contribution in [0.2, 0.25) is 0 Å². The molecule has 0 fully saturated rings. The van der Waals surface area contributed by atoms with Crippen molar-refractivity contribution in [3.05, 3.63) is 35.9 Å². The topological polar surface area (TPSA) is 95.9 Å². The minimum absolute atomic E-state index is 0.140. The van der Waals surface area contributed by atoms with E-state index in [0.29, 0.717) is 6.42 Å². The summed E-state index contributed by atoms with van der Waals surface area (Å²) in [5.74, 6) is -2.33. The van der Waals surface area contributed by atoms with E-state index < -0.39 is 30.1 Å². The van der Waals surface area contributed by atoms with E-state index in [2.05, 4.69) is 5.32 Å². The number of carbonyl (C=O) groups is 2. The van der Waals surface area contributed by atoms with E-state index in [1.165, 1.54) is 0 Å². The van der Waals surface area contributed by atoms with Gasteiger partial charge in [0.25, 0.3) is 0 Å². The second-order valence-corrected chi connectivity index (χ2v) is 6.18. The van der Waals surface area contributed by atoms with Crippen LogP contribution in [-0.2, 0) is 20.7 Å². The zero-order valence-electron chi connectivity index (χ0n) is 14.4. The van der Waals surface area contributed by atoms with E-state index >= 15 is 0 Å². The molecule has 0 aliphatic carbocycles. The van der Waals surface area contributed by atoms with Crippen LogP contribution in [0, 0.1) is 11.8 Å². The molecule has 0 heterocycles. The zero-order valence-corrected chi connectivity index (χ0v) is 14.4. The van der Waals surface area contributed by atoms with E-state index in [9.17, 15) is 19.8 Å². The third kappa shape index (κ3) is 6.68. The summed E-state index contributed by atoms with van der Waals surface area (Å²) in [6.07, 6.45) is -0.682. The average Bonchev–Trinajstić information content (AvgIpc) is 2.52. The lowest BCUT2D eigenvalue weighted by atomic mass is 9.96. The van der Waals surface area contributed by atoms with Crippen LogP contribution in [0.15, 0.2) is 30.3 Å². The number of ether oxygens (including phenoxy) is 1. The van der Waals surface area contributed by atoms with Gasteiger partial charge in [0.2, 0.25) is 0 Å². The Kier molecular flexibility index (Phi) is 8.43. The van der Waals surface area contributed by atoms with Crippen LogP contribution in [0.25, 0.3) is 0 Å². The Labute approximate surface area is 142 Å².